The van der Waals surface area contributed by atoms with Crippen LogP contribution in [0.4, 0.5) is 30.7 Å². The van der Waals surface area contributed by atoms with Crippen molar-refractivity contribution in [3.8, 4) is 0 Å². The molecule has 4 rings (SSSR count). The third-order valence-electron chi connectivity index (χ3n) is 6.07. The van der Waals surface area contributed by atoms with Gasteiger partial charge in [0.15, 0.2) is 5.67 Å². The van der Waals surface area contributed by atoms with E-state index < -0.39 is 56.5 Å². The molecule has 2 aromatic rings. The summed E-state index contributed by atoms with van der Waals surface area (Å²) in [5.41, 5.74) is -5.18. The lowest BCUT2D eigenvalue weighted by molar-refractivity contribution is -0.269. The number of carbonyl (C=O) groups excluding carboxylic acids is 1. The molecule has 1 fully saturated rings. The van der Waals surface area contributed by atoms with Crippen LogP contribution >= 0.6 is 11.6 Å². The number of hydrogen-bond acceptors (Lipinski definition) is 4. The molecule has 2 unspecified atom stereocenters. The van der Waals surface area contributed by atoms with Crippen LogP contribution in [0.2, 0.25) is 5.02 Å². The van der Waals surface area contributed by atoms with E-state index in [4.69, 9.17) is 16.4 Å². The van der Waals surface area contributed by atoms with E-state index in [2.05, 4.69) is 5.48 Å². The fourth-order valence-corrected chi connectivity index (χ4v) is 4.85. The SMILES string of the molecule is CS(=O)CC(=O)N1CC(F)(c2ccc(C3=CC(c4ccc(Cl)c(C(F)(F)F)c4)(C(F)(F)F)ON3)cc2)C1. The number of rotatable bonds is 5. The van der Waals surface area contributed by atoms with Crippen LogP contribution in [0, 0.1) is 0 Å². The van der Waals surface area contributed by atoms with Crippen molar-refractivity contribution in [2.75, 3.05) is 25.1 Å². The molecule has 5 nitrogen and oxygen atoms in total. The van der Waals surface area contributed by atoms with Gasteiger partial charge in [0.05, 0.1) is 29.4 Å². The van der Waals surface area contributed by atoms with Gasteiger partial charge in [-0.2, -0.15) is 26.3 Å². The van der Waals surface area contributed by atoms with Crippen molar-refractivity contribution in [1.29, 1.82) is 0 Å². The lowest BCUT2D eigenvalue weighted by Gasteiger charge is -2.44. The van der Waals surface area contributed by atoms with Crippen LogP contribution in [0.5, 0.6) is 0 Å². The normalized spacial score (nSPS) is 22.2. The van der Waals surface area contributed by atoms with Crippen molar-refractivity contribution in [1.82, 2.24) is 10.4 Å². The van der Waals surface area contributed by atoms with Crippen LogP contribution < -0.4 is 5.48 Å². The fraction of sp³-hybridized carbons (Fsp3) is 0.348. The molecule has 1 amide bonds. The highest BCUT2D eigenvalue weighted by molar-refractivity contribution is 7.85. The molecule has 0 aromatic heterocycles. The summed E-state index contributed by atoms with van der Waals surface area (Å²) in [5.74, 6) is -0.684. The number of benzene rings is 2. The highest BCUT2D eigenvalue weighted by Crippen LogP contribution is 2.49. The van der Waals surface area contributed by atoms with Gasteiger partial charge >= 0.3 is 12.4 Å². The number of hydrogen-bond donors (Lipinski definition) is 1. The van der Waals surface area contributed by atoms with E-state index in [0.29, 0.717) is 12.1 Å². The van der Waals surface area contributed by atoms with Crippen LogP contribution in [-0.4, -0.2) is 46.3 Å². The van der Waals surface area contributed by atoms with Crippen LogP contribution in [0.1, 0.15) is 22.3 Å². The summed E-state index contributed by atoms with van der Waals surface area (Å²) < 4.78 is 109. The first-order chi connectivity index (χ1) is 17.1. The summed E-state index contributed by atoms with van der Waals surface area (Å²) in [5, 5.41) is -0.765. The Labute approximate surface area is 213 Å². The Hall–Kier alpha value is -2.64. The van der Waals surface area contributed by atoms with Crippen molar-refractivity contribution >= 4 is 34.0 Å². The minimum absolute atomic E-state index is 0.150. The Bertz CT molecular complexity index is 1270. The van der Waals surface area contributed by atoms with E-state index in [1.165, 1.54) is 35.4 Å². The van der Waals surface area contributed by atoms with E-state index in [-0.39, 0.29) is 41.7 Å². The van der Waals surface area contributed by atoms with Gasteiger partial charge in [-0.25, -0.2) is 4.39 Å². The second-order valence-corrected chi connectivity index (χ2v) is 10.5. The molecule has 1 saturated heterocycles. The molecule has 0 aliphatic carbocycles. The average molecular weight is 571 g/mol. The van der Waals surface area contributed by atoms with Gasteiger partial charge in [0.25, 0.3) is 0 Å². The first-order valence-corrected chi connectivity index (χ1v) is 12.6. The number of likely N-dealkylation sites (tertiary alicyclic amines) is 1. The fourth-order valence-electron chi connectivity index (χ4n) is 4.09. The summed E-state index contributed by atoms with van der Waals surface area (Å²) >= 11 is 5.55. The number of halogens is 8. The summed E-state index contributed by atoms with van der Waals surface area (Å²) in [4.78, 5) is 18.0. The molecule has 2 aromatic carbocycles. The monoisotopic (exact) mass is 570 g/mol. The van der Waals surface area contributed by atoms with Gasteiger partial charge in [0, 0.05) is 22.6 Å². The molecule has 2 atom stereocenters. The molecule has 37 heavy (non-hydrogen) atoms. The molecule has 0 saturated carbocycles. The van der Waals surface area contributed by atoms with Gasteiger partial charge in [-0.3, -0.25) is 19.3 Å². The lowest BCUT2D eigenvalue weighted by Crippen LogP contribution is -2.59. The topological polar surface area (TPSA) is 58.6 Å². The maximum absolute atomic E-state index is 15.2. The Morgan fingerprint density at radius 1 is 1.08 bits per heavy atom. The first kappa shape index (κ1) is 27.4. The number of hydroxylamine groups is 1. The van der Waals surface area contributed by atoms with Crippen molar-refractivity contribution in [3.05, 3.63) is 75.8 Å². The van der Waals surface area contributed by atoms with Gasteiger partial charge in [-0.05, 0) is 29.3 Å². The van der Waals surface area contributed by atoms with Gasteiger partial charge in [0.2, 0.25) is 11.5 Å². The van der Waals surface area contributed by atoms with Gasteiger partial charge in [-0.15, -0.1) is 0 Å². The maximum atomic E-state index is 15.2. The molecular weight excluding hydrogens is 553 g/mol. The maximum Gasteiger partial charge on any atom is 0.428 e. The van der Waals surface area contributed by atoms with Gasteiger partial charge in [0.1, 0.15) is 5.75 Å². The first-order valence-electron chi connectivity index (χ1n) is 10.5. The van der Waals surface area contributed by atoms with Crippen molar-refractivity contribution in [2.45, 2.75) is 23.6 Å². The molecular formula is C23H18ClF7N2O3S. The van der Waals surface area contributed by atoms with Crippen LogP contribution in [0.15, 0.2) is 48.5 Å². The Kier molecular flexibility index (Phi) is 6.87. The summed E-state index contributed by atoms with van der Waals surface area (Å²) in [6.45, 7) is -0.524. The van der Waals surface area contributed by atoms with E-state index in [0.717, 1.165) is 6.07 Å². The zero-order chi connectivity index (χ0) is 27.4. The molecule has 14 heteroatoms. The highest BCUT2D eigenvalue weighted by atomic mass is 35.5. The predicted octanol–water partition coefficient (Wildman–Crippen LogP) is 5.08. The second-order valence-electron chi connectivity index (χ2n) is 8.70. The molecule has 0 radical (unpaired) electrons. The largest absolute Gasteiger partial charge is 0.428 e. The Morgan fingerprint density at radius 2 is 1.68 bits per heavy atom. The minimum Gasteiger partial charge on any atom is -0.335 e. The number of nitrogens with one attached hydrogen (secondary N) is 1. The van der Waals surface area contributed by atoms with E-state index >= 15 is 4.39 Å². The highest BCUT2D eigenvalue weighted by Gasteiger charge is 2.60. The Morgan fingerprint density at radius 3 is 2.22 bits per heavy atom. The number of alkyl halides is 7. The summed E-state index contributed by atoms with van der Waals surface area (Å²) in [6.07, 6.45) is -8.20. The standard InChI is InChI=1S/C23H18ClF7N2O3S/c1-37(35)10-19(34)33-11-20(25,12-33)14-4-2-13(3-5-14)18-9-21(36-32-18,23(29,30)31)15-6-7-17(24)16(8-15)22(26,27)28/h2-9,32H,10-12H2,1H3. The van der Waals surface area contributed by atoms with Crippen LogP contribution in [-0.2, 0) is 37.9 Å². The molecule has 0 spiro atoms. The van der Waals surface area contributed by atoms with E-state index in [9.17, 15) is 35.3 Å². The second kappa shape index (κ2) is 9.28. The molecule has 1 N–H and O–H groups in total. The lowest BCUT2D eigenvalue weighted by atomic mass is 9.87. The summed E-state index contributed by atoms with van der Waals surface area (Å²) in [7, 11) is -1.37. The molecule has 2 aliphatic heterocycles. The molecule has 2 aliphatic rings. The summed E-state index contributed by atoms with van der Waals surface area (Å²) in [6, 6.07) is 7.08. The van der Waals surface area contributed by atoms with Gasteiger partial charge < -0.3 is 4.90 Å². The minimum atomic E-state index is -5.16. The van der Waals surface area contributed by atoms with E-state index in [1.54, 1.807) is 0 Å². The third-order valence-corrected chi connectivity index (χ3v) is 7.05. The van der Waals surface area contributed by atoms with Crippen molar-refractivity contribution in [3.63, 3.8) is 0 Å². The smallest absolute Gasteiger partial charge is 0.335 e. The zero-order valence-electron chi connectivity index (χ0n) is 18.8. The van der Waals surface area contributed by atoms with Gasteiger partial charge in [-0.1, -0.05) is 41.9 Å². The molecule has 0 bridgehead atoms. The third kappa shape index (κ3) is 5.08. The van der Waals surface area contributed by atoms with Crippen LogP contribution in [0.25, 0.3) is 5.70 Å². The van der Waals surface area contributed by atoms with E-state index in [1.807, 2.05) is 0 Å². The number of nitrogens with zero attached hydrogens (tertiary/aromatic N) is 1. The molecule has 200 valence electrons. The number of amides is 1. The van der Waals surface area contributed by atoms with Crippen LogP contribution in [0.3, 0.4) is 0 Å². The quantitative estimate of drug-likeness (QED) is 0.510. The zero-order valence-corrected chi connectivity index (χ0v) is 20.4. The number of carbonyl (C=O) groups is 1. The van der Waals surface area contributed by atoms with Crippen molar-refractivity contribution < 1.29 is 44.6 Å². The average Bonchev–Trinajstić information content (AvgIpc) is 3.23. The Balaban J connectivity index is 1.61. The van der Waals surface area contributed by atoms with Crippen molar-refractivity contribution in [2.24, 2.45) is 0 Å². The predicted molar refractivity (Wildman–Crippen MR) is 121 cm³/mol. The molecule has 2 heterocycles.